The number of Topliss-reactive ketones (excluding diaryl/α,β-unsaturated/α-hetero) is 1. The molecule has 1 aromatic heterocycles. The van der Waals surface area contributed by atoms with E-state index in [1.807, 2.05) is 13.8 Å². The van der Waals surface area contributed by atoms with Gasteiger partial charge in [-0.15, -0.1) is 0 Å². The van der Waals surface area contributed by atoms with Crippen molar-refractivity contribution in [2.24, 2.45) is 0 Å². The maximum absolute atomic E-state index is 13.1. The number of aryl methyl sites for hydroxylation is 2. The number of carbonyl (C=O) groups excluding carboxylic acids is 2. The van der Waals surface area contributed by atoms with Crippen molar-refractivity contribution in [1.82, 2.24) is 4.90 Å². The monoisotopic (exact) mass is 383 g/mol. The highest BCUT2D eigenvalue weighted by molar-refractivity contribution is 6.07. The van der Waals surface area contributed by atoms with Crippen LogP contribution < -0.4 is 10.4 Å². The van der Waals surface area contributed by atoms with Gasteiger partial charge in [-0.2, -0.15) is 0 Å². The zero-order chi connectivity index (χ0) is 20.1. The van der Waals surface area contributed by atoms with Gasteiger partial charge in [-0.3, -0.25) is 9.59 Å². The second-order valence-corrected chi connectivity index (χ2v) is 8.00. The molecule has 4 rings (SSSR count). The first-order valence-corrected chi connectivity index (χ1v) is 9.91. The summed E-state index contributed by atoms with van der Waals surface area (Å²) >= 11 is 0. The molecule has 2 aliphatic heterocycles. The molecule has 6 heteroatoms. The molecule has 0 aliphatic carbocycles. The van der Waals surface area contributed by atoms with Crippen LogP contribution in [0.5, 0.6) is 5.75 Å². The number of nitrogens with zero attached hydrogens (tertiary/aromatic N) is 1. The van der Waals surface area contributed by atoms with Crippen LogP contribution in [0.2, 0.25) is 0 Å². The maximum Gasteiger partial charge on any atom is 0.336 e. The quantitative estimate of drug-likeness (QED) is 0.743. The normalized spacial score (nSPS) is 18.2. The Morgan fingerprint density at radius 2 is 1.93 bits per heavy atom. The lowest BCUT2D eigenvalue weighted by Gasteiger charge is -2.44. The maximum atomic E-state index is 13.1. The lowest BCUT2D eigenvalue weighted by atomic mass is 9.80. The first-order chi connectivity index (χ1) is 13.3. The summed E-state index contributed by atoms with van der Waals surface area (Å²) < 4.78 is 12.0. The highest BCUT2D eigenvalue weighted by Crippen LogP contribution is 2.45. The van der Waals surface area contributed by atoms with Crippen LogP contribution in [0.4, 0.5) is 0 Å². The van der Waals surface area contributed by atoms with Crippen molar-refractivity contribution in [2.75, 3.05) is 13.1 Å². The van der Waals surface area contributed by atoms with Crippen LogP contribution in [0.3, 0.4) is 0 Å². The van der Waals surface area contributed by atoms with E-state index in [0.29, 0.717) is 55.7 Å². The minimum absolute atomic E-state index is 0.0469. The Kier molecular flexibility index (Phi) is 4.52. The van der Waals surface area contributed by atoms with Crippen LogP contribution in [0.15, 0.2) is 21.3 Å². The predicted octanol–water partition coefficient (Wildman–Crippen LogP) is 3.40. The number of rotatable bonds is 2. The number of benzene rings is 1. The van der Waals surface area contributed by atoms with Gasteiger partial charge < -0.3 is 14.1 Å². The Labute approximate surface area is 163 Å². The second-order valence-electron chi connectivity index (χ2n) is 8.00. The van der Waals surface area contributed by atoms with E-state index in [0.717, 1.165) is 22.9 Å². The van der Waals surface area contributed by atoms with E-state index in [9.17, 15) is 14.4 Å². The van der Waals surface area contributed by atoms with Crippen molar-refractivity contribution in [3.05, 3.63) is 39.2 Å². The van der Waals surface area contributed by atoms with Gasteiger partial charge in [0, 0.05) is 38.9 Å². The molecule has 0 radical (unpaired) electrons. The van der Waals surface area contributed by atoms with Crippen molar-refractivity contribution in [3.8, 4) is 5.75 Å². The number of carbonyl (C=O) groups is 2. The molecule has 1 spiro atoms. The Balaban J connectivity index is 1.86. The highest BCUT2D eigenvalue weighted by Gasteiger charge is 2.44. The number of ketones is 1. The minimum atomic E-state index is -0.601. The standard InChI is InChI=1S/C22H25NO5/c1-4-5-15-11-18(26)27-17-10-13(2)19-16(25)12-22(28-21(19)20(15)17)6-8-23(9-7-22)14(3)24/h10-11H,4-9,12H2,1-3H3. The zero-order valence-corrected chi connectivity index (χ0v) is 16.6. The minimum Gasteiger partial charge on any atom is -0.485 e. The molecule has 1 saturated heterocycles. The van der Waals surface area contributed by atoms with Gasteiger partial charge >= 0.3 is 5.63 Å². The molecule has 0 atom stereocenters. The van der Waals surface area contributed by atoms with Crippen molar-refractivity contribution in [3.63, 3.8) is 0 Å². The van der Waals surface area contributed by atoms with Crippen molar-refractivity contribution in [2.45, 2.75) is 58.5 Å². The van der Waals surface area contributed by atoms with Gasteiger partial charge in [0.05, 0.1) is 17.4 Å². The molecule has 0 saturated carbocycles. The molecule has 2 aromatic rings. The Morgan fingerprint density at radius 1 is 1.21 bits per heavy atom. The first-order valence-electron chi connectivity index (χ1n) is 9.91. The van der Waals surface area contributed by atoms with Gasteiger partial charge in [-0.05, 0) is 30.5 Å². The molecule has 0 N–H and O–H groups in total. The van der Waals surface area contributed by atoms with Gasteiger partial charge in [0.2, 0.25) is 5.91 Å². The molecule has 1 aromatic carbocycles. The predicted molar refractivity (Wildman–Crippen MR) is 105 cm³/mol. The lowest BCUT2D eigenvalue weighted by Crippen LogP contribution is -2.52. The van der Waals surface area contributed by atoms with Gasteiger partial charge in [0.25, 0.3) is 0 Å². The largest absolute Gasteiger partial charge is 0.485 e. The number of hydrogen-bond acceptors (Lipinski definition) is 5. The average Bonchev–Trinajstić information content (AvgIpc) is 2.61. The van der Waals surface area contributed by atoms with Crippen LogP contribution >= 0.6 is 0 Å². The first kappa shape index (κ1) is 18.7. The molecule has 0 unspecified atom stereocenters. The second kappa shape index (κ2) is 6.76. The van der Waals surface area contributed by atoms with Gasteiger partial charge in [0.15, 0.2) is 5.78 Å². The fourth-order valence-corrected chi connectivity index (χ4v) is 4.55. The number of ether oxygens (including phenoxy) is 1. The molecule has 6 nitrogen and oxygen atoms in total. The van der Waals surface area contributed by atoms with Crippen molar-refractivity contribution >= 4 is 22.7 Å². The van der Waals surface area contributed by atoms with E-state index < -0.39 is 5.60 Å². The van der Waals surface area contributed by atoms with E-state index in [-0.39, 0.29) is 17.3 Å². The zero-order valence-electron chi connectivity index (χ0n) is 16.6. The number of likely N-dealkylation sites (tertiary alicyclic amines) is 1. The summed E-state index contributed by atoms with van der Waals surface area (Å²) in [6.45, 7) is 6.63. The lowest BCUT2D eigenvalue weighted by molar-refractivity contribution is -0.132. The van der Waals surface area contributed by atoms with Gasteiger partial charge in [-0.25, -0.2) is 4.79 Å². The van der Waals surface area contributed by atoms with Crippen LogP contribution in [-0.4, -0.2) is 35.3 Å². The Morgan fingerprint density at radius 3 is 2.57 bits per heavy atom. The molecular weight excluding hydrogens is 358 g/mol. The smallest absolute Gasteiger partial charge is 0.336 e. The average molecular weight is 383 g/mol. The number of hydrogen-bond donors (Lipinski definition) is 0. The van der Waals surface area contributed by atoms with E-state index >= 15 is 0 Å². The van der Waals surface area contributed by atoms with E-state index in [4.69, 9.17) is 9.15 Å². The molecule has 3 heterocycles. The molecule has 1 fully saturated rings. The summed E-state index contributed by atoms with van der Waals surface area (Å²) in [5, 5.41) is 0.739. The summed E-state index contributed by atoms with van der Waals surface area (Å²) in [4.78, 5) is 38.6. The van der Waals surface area contributed by atoms with Crippen LogP contribution in [-0.2, 0) is 11.2 Å². The van der Waals surface area contributed by atoms with Crippen LogP contribution in [0.1, 0.15) is 61.0 Å². The topological polar surface area (TPSA) is 76.8 Å². The molecule has 1 amide bonds. The summed E-state index contributed by atoms with van der Waals surface area (Å²) in [5.41, 5.74) is 1.70. The SMILES string of the molecule is CCCc1cc(=O)oc2cc(C)c3c(c12)OC1(CCN(C(C)=O)CC1)CC3=O. The molecule has 148 valence electrons. The number of amides is 1. The number of piperidine rings is 1. The number of fused-ring (bicyclic) bond motifs is 3. The van der Waals surface area contributed by atoms with E-state index in [2.05, 4.69) is 0 Å². The summed E-state index contributed by atoms with van der Waals surface area (Å²) in [6, 6.07) is 3.28. The third-order valence-electron chi connectivity index (χ3n) is 5.99. The molecular formula is C22H25NO5. The van der Waals surface area contributed by atoms with E-state index in [1.165, 1.54) is 6.07 Å². The summed E-state index contributed by atoms with van der Waals surface area (Å²) in [6.07, 6.45) is 3.13. The van der Waals surface area contributed by atoms with Crippen LogP contribution in [0.25, 0.3) is 11.0 Å². The Bertz CT molecular complexity index is 1030. The summed E-state index contributed by atoms with van der Waals surface area (Å²) in [7, 11) is 0. The third-order valence-corrected chi connectivity index (χ3v) is 5.99. The highest BCUT2D eigenvalue weighted by atomic mass is 16.5. The van der Waals surface area contributed by atoms with E-state index in [1.54, 1.807) is 17.9 Å². The summed E-state index contributed by atoms with van der Waals surface area (Å²) in [5.74, 6) is 0.658. The van der Waals surface area contributed by atoms with Crippen molar-refractivity contribution in [1.29, 1.82) is 0 Å². The fraction of sp³-hybridized carbons (Fsp3) is 0.500. The van der Waals surface area contributed by atoms with Gasteiger partial charge in [0.1, 0.15) is 16.9 Å². The third kappa shape index (κ3) is 3.01. The van der Waals surface area contributed by atoms with Crippen LogP contribution in [0, 0.1) is 6.92 Å². The molecule has 2 aliphatic rings. The molecule has 28 heavy (non-hydrogen) atoms. The van der Waals surface area contributed by atoms with Gasteiger partial charge in [-0.1, -0.05) is 13.3 Å². The fourth-order valence-electron chi connectivity index (χ4n) is 4.55. The van der Waals surface area contributed by atoms with Crippen molar-refractivity contribution < 1.29 is 18.7 Å². The molecule has 0 bridgehead atoms. The Hall–Kier alpha value is -2.63.